The number of amides is 2. The average molecular weight is 246 g/mol. The van der Waals surface area contributed by atoms with Gasteiger partial charge >= 0.3 is 5.97 Å². The highest BCUT2D eigenvalue weighted by molar-refractivity contribution is 8.00. The van der Waals surface area contributed by atoms with Crippen molar-refractivity contribution in [3.05, 3.63) is 0 Å². The number of hydrogen-bond acceptors (Lipinski definition) is 4. The van der Waals surface area contributed by atoms with E-state index in [0.29, 0.717) is 19.4 Å². The summed E-state index contributed by atoms with van der Waals surface area (Å²) in [5.74, 6) is -1.05. The highest BCUT2D eigenvalue weighted by Crippen LogP contribution is 2.04. The maximum Gasteiger partial charge on any atom is 0.313 e. The SMILES string of the molecule is O=C(O)CSCC(=O)NC1CCC(=O)NC1. The third-order valence-electron chi connectivity index (χ3n) is 2.09. The molecule has 0 aromatic heterocycles. The first-order valence-corrected chi connectivity index (χ1v) is 6.09. The zero-order chi connectivity index (χ0) is 12.0. The van der Waals surface area contributed by atoms with Crippen molar-refractivity contribution in [3.63, 3.8) is 0 Å². The number of carboxylic acids is 1. The standard InChI is InChI=1S/C9H14N2O4S/c12-7-2-1-6(3-10-7)11-8(13)4-16-5-9(14)15/h6H,1-5H2,(H,10,12)(H,11,13)(H,14,15). The lowest BCUT2D eigenvalue weighted by molar-refractivity contribution is -0.134. The molecule has 0 aliphatic carbocycles. The predicted molar refractivity (Wildman–Crippen MR) is 59.1 cm³/mol. The Hall–Kier alpha value is -1.24. The molecule has 3 N–H and O–H groups in total. The van der Waals surface area contributed by atoms with Gasteiger partial charge in [0.15, 0.2) is 0 Å². The predicted octanol–water partition coefficient (Wildman–Crippen LogP) is -0.801. The van der Waals surface area contributed by atoms with Crippen LogP contribution in [0.4, 0.5) is 0 Å². The van der Waals surface area contributed by atoms with Crippen LogP contribution < -0.4 is 10.6 Å². The van der Waals surface area contributed by atoms with Crippen molar-refractivity contribution in [2.24, 2.45) is 0 Å². The minimum Gasteiger partial charge on any atom is -0.481 e. The number of hydrogen-bond donors (Lipinski definition) is 3. The lowest BCUT2D eigenvalue weighted by atomic mass is 10.1. The number of aliphatic carboxylic acids is 1. The van der Waals surface area contributed by atoms with E-state index in [0.717, 1.165) is 11.8 Å². The van der Waals surface area contributed by atoms with Gasteiger partial charge in [-0.05, 0) is 6.42 Å². The Kier molecular flexibility index (Phi) is 5.10. The summed E-state index contributed by atoms with van der Waals surface area (Å²) in [6.45, 7) is 0.453. The van der Waals surface area contributed by atoms with E-state index in [-0.39, 0.29) is 29.4 Å². The molecule has 16 heavy (non-hydrogen) atoms. The van der Waals surface area contributed by atoms with Gasteiger partial charge in [0.2, 0.25) is 11.8 Å². The molecule has 1 heterocycles. The summed E-state index contributed by atoms with van der Waals surface area (Å²) in [6.07, 6.45) is 1.06. The summed E-state index contributed by atoms with van der Waals surface area (Å²) < 4.78 is 0. The van der Waals surface area contributed by atoms with Crippen LogP contribution in [-0.4, -0.2) is 47.0 Å². The number of piperidine rings is 1. The molecule has 0 bridgehead atoms. The Bertz CT molecular complexity index is 285. The zero-order valence-electron chi connectivity index (χ0n) is 8.69. The average Bonchev–Trinajstić information content (AvgIpc) is 2.21. The summed E-state index contributed by atoms with van der Waals surface area (Å²) in [5, 5.41) is 13.8. The number of thioether (sulfide) groups is 1. The Morgan fingerprint density at radius 3 is 2.81 bits per heavy atom. The van der Waals surface area contributed by atoms with Gasteiger partial charge in [0.05, 0.1) is 11.5 Å². The molecule has 0 aromatic rings. The number of nitrogens with one attached hydrogen (secondary N) is 2. The second kappa shape index (κ2) is 6.37. The van der Waals surface area contributed by atoms with Gasteiger partial charge in [-0.25, -0.2) is 0 Å². The first kappa shape index (κ1) is 12.8. The lowest BCUT2D eigenvalue weighted by Crippen LogP contribution is -2.48. The molecular formula is C9H14N2O4S. The summed E-state index contributed by atoms with van der Waals surface area (Å²) in [7, 11) is 0. The highest BCUT2D eigenvalue weighted by Gasteiger charge is 2.19. The molecule has 1 aliphatic rings. The summed E-state index contributed by atoms with van der Waals surface area (Å²) in [6, 6.07) is -0.0318. The Morgan fingerprint density at radius 2 is 2.25 bits per heavy atom. The monoisotopic (exact) mass is 246 g/mol. The third kappa shape index (κ3) is 5.01. The minimum atomic E-state index is -0.928. The van der Waals surface area contributed by atoms with E-state index in [1.165, 1.54) is 0 Å². The number of carbonyl (C=O) groups is 3. The van der Waals surface area contributed by atoms with Gasteiger partial charge < -0.3 is 15.7 Å². The van der Waals surface area contributed by atoms with Crippen LogP contribution in [-0.2, 0) is 14.4 Å². The van der Waals surface area contributed by atoms with Gasteiger partial charge in [-0.2, -0.15) is 0 Å². The van der Waals surface area contributed by atoms with Crippen molar-refractivity contribution in [1.82, 2.24) is 10.6 Å². The lowest BCUT2D eigenvalue weighted by Gasteiger charge is -2.23. The van der Waals surface area contributed by atoms with Crippen LogP contribution in [0.5, 0.6) is 0 Å². The quantitative estimate of drug-likeness (QED) is 0.590. The van der Waals surface area contributed by atoms with E-state index < -0.39 is 5.97 Å². The molecule has 0 saturated carbocycles. The van der Waals surface area contributed by atoms with Crippen molar-refractivity contribution >= 4 is 29.5 Å². The molecular weight excluding hydrogens is 232 g/mol. The first-order chi connectivity index (χ1) is 7.58. The molecule has 1 unspecified atom stereocenters. The van der Waals surface area contributed by atoms with Crippen molar-refractivity contribution in [2.75, 3.05) is 18.1 Å². The van der Waals surface area contributed by atoms with E-state index in [4.69, 9.17) is 5.11 Å². The Balaban J connectivity index is 2.14. The summed E-state index contributed by atoms with van der Waals surface area (Å²) in [5.41, 5.74) is 0. The maximum atomic E-state index is 11.3. The molecule has 1 fully saturated rings. The van der Waals surface area contributed by atoms with Crippen molar-refractivity contribution in [2.45, 2.75) is 18.9 Å². The molecule has 6 nitrogen and oxygen atoms in total. The van der Waals surface area contributed by atoms with Gasteiger partial charge in [0.25, 0.3) is 0 Å². The largest absolute Gasteiger partial charge is 0.481 e. The molecule has 1 atom stereocenters. The van der Waals surface area contributed by atoms with Gasteiger partial charge in [0, 0.05) is 19.0 Å². The van der Waals surface area contributed by atoms with Crippen molar-refractivity contribution < 1.29 is 19.5 Å². The van der Waals surface area contributed by atoms with E-state index in [2.05, 4.69) is 10.6 Å². The highest BCUT2D eigenvalue weighted by atomic mass is 32.2. The van der Waals surface area contributed by atoms with Gasteiger partial charge in [-0.15, -0.1) is 11.8 Å². The van der Waals surface area contributed by atoms with E-state index >= 15 is 0 Å². The fraction of sp³-hybridized carbons (Fsp3) is 0.667. The smallest absolute Gasteiger partial charge is 0.313 e. The Morgan fingerprint density at radius 1 is 1.50 bits per heavy atom. The van der Waals surface area contributed by atoms with Crippen LogP contribution in [0, 0.1) is 0 Å². The van der Waals surface area contributed by atoms with Gasteiger partial charge in [-0.1, -0.05) is 0 Å². The molecule has 0 aromatic carbocycles. The van der Waals surface area contributed by atoms with Crippen molar-refractivity contribution in [3.8, 4) is 0 Å². The van der Waals surface area contributed by atoms with E-state index in [1.54, 1.807) is 0 Å². The maximum absolute atomic E-state index is 11.3. The second-order valence-corrected chi connectivity index (χ2v) is 4.48. The summed E-state index contributed by atoms with van der Waals surface area (Å²) >= 11 is 1.06. The number of carboxylic acid groups (broad SMARTS) is 1. The van der Waals surface area contributed by atoms with Crippen LogP contribution in [0.25, 0.3) is 0 Å². The number of rotatable bonds is 5. The minimum absolute atomic E-state index is 0.00533. The molecule has 2 amide bonds. The summed E-state index contributed by atoms with van der Waals surface area (Å²) in [4.78, 5) is 32.4. The van der Waals surface area contributed by atoms with Crippen LogP contribution in [0.15, 0.2) is 0 Å². The van der Waals surface area contributed by atoms with Crippen LogP contribution >= 0.6 is 11.8 Å². The fourth-order valence-corrected chi connectivity index (χ4v) is 1.90. The second-order valence-electron chi connectivity index (χ2n) is 3.49. The Labute approximate surface area is 97.2 Å². The fourth-order valence-electron chi connectivity index (χ4n) is 1.36. The topological polar surface area (TPSA) is 95.5 Å². The normalized spacial score (nSPS) is 20.0. The molecule has 7 heteroatoms. The first-order valence-electron chi connectivity index (χ1n) is 4.93. The van der Waals surface area contributed by atoms with E-state index in [1.807, 2.05) is 0 Å². The van der Waals surface area contributed by atoms with Crippen molar-refractivity contribution in [1.29, 1.82) is 0 Å². The van der Waals surface area contributed by atoms with Crippen LogP contribution in [0.1, 0.15) is 12.8 Å². The van der Waals surface area contributed by atoms with E-state index in [9.17, 15) is 14.4 Å². The van der Waals surface area contributed by atoms with Crippen LogP contribution in [0.3, 0.4) is 0 Å². The molecule has 1 aliphatic heterocycles. The zero-order valence-corrected chi connectivity index (χ0v) is 9.51. The molecule has 0 spiro atoms. The number of carbonyl (C=O) groups excluding carboxylic acids is 2. The third-order valence-corrected chi connectivity index (χ3v) is 3.01. The van der Waals surface area contributed by atoms with Gasteiger partial charge in [-0.3, -0.25) is 14.4 Å². The molecule has 1 rings (SSSR count). The molecule has 90 valence electrons. The molecule has 1 saturated heterocycles. The molecule has 0 radical (unpaired) electrons. The van der Waals surface area contributed by atoms with Gasteiger partial charge in [0.1, 0.15) is 0 Å². The van der Waals surface area contributed by atoms with Crippen LogP contribution in [0.2, 0.25) is 0 Å².